The van der Waals surface area contributed by atoms with Crippen molar-refractivity contribution in [2.75, 3.05) is 26.3 Å². The topological polar surface area (TPSA) is 84.7 Å². The highest BCUT2D eigenvalue weighted by Crippen LogP contribution is 2.20. The van der Waals surface area contributed by atoms with Crippen LogP contribution in [0.15, 0.2) is 0 Å². The molecule has 0 spiro atoms. The first-order valence-corrected chi connectivity index (χ1v) is 6.02. The lowest BCUT2D eigenvalue weighted by Gasteiger charge is -2.35. The highest BCUT2D eigenvalue weighted by atomic mass is 16.5. The van der Waals surface area contributed by atoms with Crippen LogP contribution >= 0.6 is 0 Å². The summed E-state index contributed by atoms with van der Waals surface area (Å²) in [6.45, 7) is 3.99. The first kappa shape index (κ1) is 12.3. The van der Waals surface area contributed by atoms with Gasteiger partial charge in [0.2, 0.25) is 11.8 Å². The molecule has 6 nitrogen and oxygen atoms in total. The molecule has 6 heteroatoms. The summed E-state index contributed by atoms with van der Waals surface area (Å²) in [6, 6.07) is -0.442. The molecule has 2 aliphatic rings. The van der Waals surface area contributed by atoms with E-state index in [0.29, 0.717) is 13.2 Å². The molecule has 3 unspecified atom stereocenters. The van der Waals surface area contributed by atoms with Crippen LogP contribution in [0.25, 0.3) is 0 Å². The second-order valence-electron chi connectivity index (χ2n) is 4.66. The van der Waals surface area contributed by atoms with Gasteiger partial charge >= 0.3 is 0 Å². The largest absolute Gasteiger partial charge is 0.377 e. The van der Waals surface area contributed by atoms with Crippen LogP contribution in [-0.4, -0.2) is 55.1 Å². The molecule has 2 saturated heterocycles. The molecule has 2 heterocycles. The van der Waals surface area contributed by atoms with Crippen LogP contribution < -0.4 is 11.1 Å². The number of hydrogen-bond donors (Lipinski definition) is 2. The van der Waals surface area contributed by atoms with Gasteiger partial charge in [-0.05, 0) is 19.9 Å². The monoisotopic (exact) mass is 241 g/mol. The quantitative estimate of drug-likeness (QED) is 0.629. The normalized spacial score (nSPS) is 33.7. The Balaban J connectivity index is 2.08. The van der Waals surface area contributed by atoms with Crippen LogP contribution in [0, 0.1) is 5.92 Å². The van der Waals surface area contributed by atoms with Crippen molar-refractivity contribution < 1.29 is 14.3 Å². The van der Waals surface area contributed by atoms with Gasteiger partial charge in [0.05, 0.1) is 19.1 Å². The molecule has 3 N–H and O–H groups in total. The van der Waals surface area contributed by atoms with Gasteiger partial charge in [0.1, 0.15) is 6.04 Å². The van der Waals surface area contributed by atoms with E-state index in [1.165, 1.54) is 0 Å². The molecule has 0 aliphatic carbocycles. The van der Waals surface area contributed by atoms with Crippen molar-refractivity contribution in [2.45, 2.75) is 25.4 Å². The van der Waals surface area contributed by atoms with E-state index < -0.39 is 11.9 Å². The van der Waals surface area contributed by atoms with Crippen molar-refractivity contribution in [1.82, 2.24) is 10.2 Å². The maximum absolute atomic E-state index is 12.3. The average molecular weight is 241 g/mol. The number of nitrogens with zero attached hydrogens (tertiary/aromatic N) is 1. The summed E-state index contributed by atoms with van der Waals surface area (Å²) in [6.07, 6.45) is 0.822. The number of carbonyl (C=O) groups is 2. The van der Waals surface area contributed by atoms with Gasteiger partial charge in [-0.3, -0.25) is 9.59 Å². The molecule has 2 rings (SSSR count). The third-order valence-electron chi connectivity index (χ3n) is 3.58. The number of carbonyl (C=O) groups excluding carboxylic acids is 2. The third-order valence-corrected chi connectivity index (χ3v) is 3.58. The van der Waals surface area contributed by atoms with Crippen LogP contribution in [0.5, 0.6) is 0 Å². The molecule has 2 fully saturated rings. The fourth-order valence-corrected chi connectivity index (χ4v) is 2.51. The molecule has 96 valence electrons. The SMILES string of the molecule is CC1NCCC1C(=O)N1CCOCC1C(N)=O. The van der Waals surface area contributed by atoms with Gasteiger partial charge in [-0.1, -0.05) is 0 Å². The van der Waals surface area contributed by atoms with Gasteiger partial charge in [-0.15, -0.1) is 0 Å². The van der Waals surface area contributed by atoms with Gasteiger partial charge in [0.25, 0.3) is 0 Å². The van der Waals surface area contributed by atoms with Crippen LogP contribution in [0.2, 0.25) is 0 Å². The number of nitrogens with two attached hydrogens (primary N) is 1. The maximum Gasteiger partial charge on any atom is 0.242 e. The minimum Gasteiger partial charge on any atom is -0.377 e. The lowest BCUT2D eigenvalue weighted by Crippen LogP contribution is -2.56. The van der Waals surface area contributed by atoms with E-state index >= 15 is 0 Å². The fraction of sp³-hybridized carbons (Fsp3) is 0.818. The van der Waals surface area contributed by atoms with E-state index in [4.69, 9.17) is 10.5 Å². The Labute approximate surface area is 100 Å². The summed E-state index contributed by atoms with van der Waals surface area (Å²) >= 11 is 0. The minimum atomic E-state index is -0.607. The lowest BCUT2D eigenvalue weighted by molar-refractivity contribution is -0.150. The van der Waals surface area contributed by atoms with Crippen molar-refractivity contribution in [3.63, 3.8) is 0 Å². The summed E-state index contributed by atoms with van der Waals surface area (Å²) in [7, 11) is 0. The molecule has 0 aromatic heterocycles. The molecule has 0 saturated carbocycles. The van der Waals surface area contributed by atoms with Crippen molar-refractivity contribution in [2.24, 2.45) is 11.7 Å². The molecule has 17 heavy (non-hydrogen) atoms. The second kappa shape index (κ2) is 5.01. The summed E-state index contributed by atoms with van der Waals surface area (Å²) in [5.74, 6) is -0.513. The van der Waals surface area contributed by atoms with Gasteiger partial charge < -0.3 is 20.7 Å². The first-order valence-electron chi connectivity index (χ1n) is 6.02. The summed E-state index contributed by atoms with van der Waals surface area (Å²) < 4.78 is 5.20. The maximum atomic E-state index is 12.3. The first-order chi connectivity index (χ1) is 8.11. The van der Waals surface area contributed by atoms with E-state index in [2.05, 4.69) is 5.32 Å². The van der Waals surface area contributed by atoms with E-state index in [0.717, 1.165) is 13.0 Å². The Hall–Kier alpha value is -1.14. The highest BCUT2D eigenvalue weighted by Gasteiger charge is 2.38. The third kappa shape index (κ3) is 2.42. The van der Waals surface area contributed by atoms with Crippen molar-refractivity contribution >= 4 is 11.8 Å². The zero-order valence-corrected chi connectivity index (χ0v) is 10.0. The standard InChI is InChI=1S/C11H19N3O3/c1-7-8(2-3-13-7)11(16)14-4-5-17-6-9(14)10(12)15/h7-9,13H,2-6H2,1H3,(H2,12,15). The number of hydrogen-bond acceptors (Lipinski definition) is 4. The number of rotatable bonds is 2. The van der Waals surface area contributed by atoms with Gasteiger partial charge in [-0.2, -0.15) is 0 Å². The van der Waals surface area contributed by atoms with Crippen molar-refractivity contribution in [3.8, 4) is 0 Å². The minimum absolute atomic E-state index is 0.0228. The summed E-state index contributed by atoms with van der Waals surface area (Å²) in [5, 5.41) is 3.24. The molecule has 2 aliphatic heterocycles. The number of morpholine rings is 1. The Morgan fingerprint density at radius 1 is 1.47 bits per heavy atom. The van der Waals surface area contributed by atoms with Crippen molar-refractivity contribution in [3.05, 3.63) is 0 Å². The summed E-state index contributed by atoms with van der Waals surface area (Å²) in [4.78, 5) is 25.2. The molecule has 2 amide bonds. The number of ether oxygens (including phenoxy) is 1. The molecule has 0 bridgehead atoms. The zero-order valence-electron chi connectivity index (χ0n) is 10.0. The number of amides is 2. The van der Waals surface area contributed by atoms with Crippen LogP contribution in [0.4, 0.5) is 0 Å². The smallest absolute Gasteiger partial charge is 0.242 e. The lowest BCUT2D eigenvalue weighted by atomic mass is 9.99. The molecule has 0 radical (unpaired) electrons. The van der Waals surface area contributed by atoms with Crippen LogP contribution in [0.3, 0.4) is 0 Å². The van der Waals surface area contributed by atoms with E-state index in [1.807, 2.05) is 6.92 Å². The molecular formula is C11H19N3O3. The Morgan fingerprint density at radius 3 is 2.82 bits per heavy atom. The predicted molar refractivity (Wildman–Crippen MR) is 61.1 cm³/mol. The predicted octanol–water partition coefficient (Wildman–Crippen LogP) is -1.30. The fourth-order valence-electron chi connectivity index (χ4n) is 2.51. The zero-order chi connectivity index (χ0) is 12.4. The van der Waals surface area contributed by atoms with E-state index in [9.17, 15) is 9.59 Å². The highest BCUT2D eigenvalue weighted by molar-refractivity contribution is 5.88. The number of nitrogens with one attached hydrogen (secondary N) is 1. The Morgan fingerprint density at radius 2 is 2.24 bits per heavy atom. The Kier molecular flexibility index (Phi) is 3.63. The van der Waals surface area contributed by atoms with E-state index in [1.54, 1.807) is 4.90 Å². The number of primary amides is 1. The van der Waals surface area contributed by atoms with E-state index in [-0.39, 0.29) is 24.5 Å². The van der Waals surface area contributed by atoms with Crippen LogP contribution in [-0.2, 0) is 14.3 Å². The van der Waals surface area contributed by atoms with Crippen molar-refractivity contribution in [1.29, 1.82) is 0 Å². The van der Waals surface area contributed by atoms with Gasteiger partial charge in [0.15, 0.2) is 0 Å². The molecule has 0 aromatic rings. The average Bonchev–Trinajstić information content (AvgIpc) is 2.74. The molecule has 0 aromatic carbocycles. The Bertz CT molecular complexity index is 321. The molecular weight excluding hydrogens is 222 g/mol. The second-order valence-corrected chi connectivity index (χ2v) is 4.66. The van der Waals surface area contributed by atoms with Crippen LogP contribution in [0.1, 0.15) is 13.3 Å². The summed E-state index contributed by atoms with van der Waals surface area (Å²) in [5.41, 5.74) is 5.30. The molecule has 3 atom stereocenters. The van der Waals surface area contributed by atoms with Gasteiger partial charge in [0, 0.05) is 12.6 Å². The van der Waals surface area contributed by atoms with Gasteiger partial charge in [-0.25, -0.2) is 0 Å².